The second kappa shape index (κ2) is 8.52. The summed E-state index contributed by atoms with van der Waals surface area (Å²) in [6.45, 7) is 8.70. The molecule has 0 radical (unpaired) electrons. The second-order valence-electron chi connectivity index (χ2n) is 8.13. The smallest absolute Gasteiger partial charge is 0.239 e. The topological polar surface area (TPSA) is 43.9 Å². The molecule has 3 heterocycles. The van der Waals surface area contributed by atoms with Gasteiger partial charge in [0.05, 0.1) is 12.0 Å². The van der Waals surface area contributed by atoms with Gasteiger partial charge in [0, 0.05) is 32.2 Å². The van der Waals surface area contributed by atoms with Crippen LogP contribution in [0.5, 0.6) is 0 Å². The lowest BCUT2D eigenvalue weighted by molar-refractivity contribution is -0.144. The highest BCUT2D eigenvalue weighted by Crippen LogP contribution is 2.25. The van der Waals surface area contributed by atoms with E-state index in [-0.39, 0.29) is 17.9 Å². The van der Waals surface area contributed by atoms with Crippen molar-refractivity contribution in [3.63, 3.8) is 0 Å². The van der Waals surface area contributed by atoms with Crippen LogP contribution in [0.25, 0.3) is 0 Å². The molecule has 0 unspecified atom stereocenters. The lowest BCUT2D eigenvalue weighted by Crippen LogP contribution is -2.55. The minimum absolute atomic E-state index is 0.0884. The normalized spacial score (nSPS) is 29.7. The minimum atomic E-state index is -0.0960. The molecule has 5 nitrogen and oxygen atoms in total. The SMILES string of the molecule is CC[C@@H]1CCCCN1C(=O)[C@H](C)N1CCC[C@H](C(=O)N2CCCC2)C1. The fourth-order valence-electron chi connectivity index (χ4n) is 4.87. The van der Waals surface area contributed by atoms with Crippen molar-refractivity contribution < 1.29 is 9.59 Å². The molecule has 0 aromatic carbocycles. The number of carbonyl (C=O) groups is 2. The number of carbonyl (C=O) groups excluding carboxylic acids is 2. The molecule has 0 aliphatic carbocycles. The number of likely N-dealkylation sites (tertiary alicyclic amines) is 3. The van der Waals surface area contributed by atoms with Crippen LogP contribution in [-0.4, -0.2) is 71.3 Å². The fraction of sp³-hybridized carbons (Fsp3) is 0.900. The second-order valence-corrected chi connectivity index (χ2v) is 8.13. The Labute approximate surface area is 152 Å². The number of piperidine rings is 2. The summed E-state index contributed by atoms with van der Waals surface area (Å²) in [6, 6.07) is 0.317. The zero-order chi connectivity index (χ0) is 17.8. The Morgan fingerprint density at radius 1 is 0.960 bits per heavy atom. The fourth-order valence-corrected chi connectivity index (χ4v) is 4.87. The van der Waals surface area contributed by atoms with Gasteiger partial charge in [-0.3, -0.25) is 14.5 Å². The van der Waals surface area contributed by atoms with Crippen LogP contribution in [0.1, 0.15) is 65.2 Å². The lowest BCUT2D eigenvalue weighted by Gasteiger charge is -2.41. The summed E-state index contributed by atoms with van der Waals surface area (Å²) < 4.78 is 0. The maximum atomic E-state index is 13.1. The van der Waals surface area contributed by atoms with Gasteiger partial charge in [-0.25, -0.2) is 0 Å². The van der Waals surface area contributed by atoms with Gasteiger partial charge < -0.3 is 9.80 Å². The molecule has 142 valence electrons. The molecule has 0 aromatic rings. The predicted octanol–water partition coefficient (Wildman–Crippen LogP) is 2.50. The molecule has 0 N–H and O–H groups in total. The van der Waals surface area contributed by atoms with Gasteiger partial charge in [-0.05, 0) is 64.8 Å². The summed E-state index contributed by atoms with van der Waals surface area (Å²) in [5.41, 5.74) is 0. The molecule has 3 fully saturated rings. The van der Waals surface area contributed by atoms with Gasteiger partial charge in [0.2, 0.25) is 11.8 Å². The van der Waals surface area contributed by atoms with Crippen LogP contribution in [0.15, 0.2) is 0 Å². The molecular formula is C20H35N3O2. The summed E-state index contributed by atoms with van der Waals surface area (Å²) in [6.07, 6.45) is 8.86. The highest BCUT2D eigenvalue weighted by molar-refractivity contribution is 5.82. The van der Waals surface area contributed by atoms with Crippen LogP contribution < -0.4 is 0 Å². The van der Waals surface area contributed by atoms with E-state index in [1.165, 1.54) is 6.42 Å². The zero-order valence-corrected chi connectivity index (χ0v) is 16.1. The first-order valence-corrected chi connectivity index (χ1v) is 10.4. The summed E-state index contributed by atoms with van der Waals surface area (Å²) in [7, 11) is 0. The number of hydrogen-bond acceptors (Lipinski definition) is 3. The van der Waals surface area contributed by atoms with E-state index in [1.807, 2.05) is 11.8 Å². The third-order valence-corrected chi connectivity index (χ3v) is 6.51. The van der Waals surface area contributed by atoms with Crippen LogP contribution in [0, 0.1) is 5.92 Å². The molecule has 3 atom stereocenters. The first-order chi connectivity index (χ1) is 12.1. The number of hydrogen-bond donors (Lipinski definition) is 0. The van der Waals surface area contributed by atoms with Crippen LogP contribution in [0.3, 0.4) is 0 Å². The standard InChI is InChI=1S/C20H35N3O2/c1-3-18-10-4-5-14-23(18)19(24)16(2)22-13-8-9-17(15-22)20(25)21-11-6-7-12-21/h16-18H,3-15H2,1-2H3/t16-,17-,18+/m0/s1. The van der Waals surface area contributed by atoms with Crippen molar-refractivity contribution in [2.45, 2.75) is 77.3 Å². The summed E-state index contributed by atoms with van der Waals surface area (Å²) in [5.74, 6) is 0.692. The van der Waals surface area contributed by atoms with E-state index in [0.717, 1.165) is 77.7 Å². The van der Waals surface area contributed by atoms with Crippen molar-refractivity contribution in [3.05, 3.63) is 0 Å². The van der Waals surface area contributed by atoms with Crippen LogP contribution in [-0.2, 0) is 9.59 Å². The molecule has 2 amide bonds. The Hall–Kier alpha value is -1.10. The van der Waals surface area contributed by atoms with Crippen molar-refractivity contribution in [2.24, 2.45) is 5.92 Å². The molecule has 3 rings (SSSR count). The van der Waals surface area contributed by atoms with E-state index in [1.54, 1.807) is 0 Å². The Bertz CT molecular complexity index is 476. The molecule has 0 saturated carbocycles. The molecule has 5 heteroatoms. The van der Waals surface area contributed by atoms with E-state index in [9.17, 15) is 9.59 Å². The summed E-state index contributed by atoms with van der Waals surface area (Å²) in [5, 5.41) is 0. The summed E-state index contributed by atoms with van der Waals surface area (Å²) >= 11 is 0. The van der Waals surface area contributed by atoms with E-state index in [2.05, 4.69) is 16.7 Å². The van der Waals surface area contributed by atoms with Gasteiger partial charge in [-0.15, -0.1) is 0 Å². The molecule has 3 saturated heterocycles. The third kappa shape index (κ3) is 4.18. The van der Waals surface area contributed by atoms with Crippen molar-refractivity contribution in [1.82, 2.24) is 14.7 Å². The number of rotatable bonds is 4. The van der Waals surface area contributed by atoms with E-state index in [4.69, 9.17) is 0 Å². The van der Waals surface area contributed by atoms with Gasteiger partial charge in [-0.1, -0.05) is 6.92 Å². The Morgan fingerprint density at radius 3 is 2.40 bits per heavy atom. The van der Waals surface area contributed by atoms with Crippen molar-refractivity contribution in [3.8, 4) is 0 Å². The van der Waals surface area contributed by atoms with Crippen LogP contribution in [0.2, 0.25) is 0 Å². The highest BCUT2D eigenvalue weighted by atomic mass is 16.2. The van der Waals surface area contributed by atoms with E-state index < -0.39 is 0 Å². The van der Waals surface area contributed by atoms with Crippen molar-refractivity contribution in [1.29, 1.82) is 0 Å². The van der Waals surface area contributed by atoms with Crippen LogP contribution >= 0.6 is 0 Å². The van der Waals surface area contributed by atoms with Gasteiger partial charge in [0.1, 0.15) is 0 Å². The average Bonchev–Trinajstić information content (AvgIpc) is 3.21. The maximum absolute atomic E-state index is 13.1. The largest absolute Gasteiger partial charge is 0.342 e. The number of nitrogens with zero attached hydrogens (tertiary/aromatic N) is 3. The molecule has 25 heavy (non-hydrogen) atoms. The Morgan fingerprint density at radius 2 is 1.68 bits per heavy atom. The third-order valence-electron chi connectivity index (χ3n) is 6.51. The monoisotopic (exact) mass is 349 g/mol. The Kier molecular flexibility index (Phi) is 6.37. The lowest BCUT2D eigenvalue weighted by atomic mass is 9.94. The molecule has 0 bridgehead atoms. The predicted molar refractivity (Wildman–Crippen MR) is 99.2 cm³/mol. The first kappa shape index (κ1) is 18.7. The molecule has 3 aliphatic rings. The van der Waals surface area contributed by atoms with Crippen molar-refractivity contribution >= 4 is 11.8 Å². The van der Waals surface area contributed by atoms with Gasteiger partial charge in [-0.2, -0.15) is 0 Å². The molecule has 0 spiro atoms. The van der Waals surface area contributed by atoms with E-state index >= 15 is 0 Å². The van der Waals surface area contributed by atoms with Gasteiger partial charge >= 0.3 is 0 Å². The Balaban J connectivity index is 1.59. The van der Waals surface area contributed by atoms with Gasteiger partial charge in [0.15, 0.2) is 0 Å². The van der Waals surface area contributed by atoms with Crippen LogP contribution in [0.4, 0.5) is 0 Å². The first-order valence-electron chi connectivity index (χ1n) is 10.4. The number of amides is 2. The molecule has 3 aliphatic heterocycles. The average molecular weight is 350 g/mol. The quantitative estimate of drug-likeness (QED) is 0.783. The van der Waals surface area contributed by atoms with Crippen molar-refractivity contribution in [2.75, 3.05) is 32.7 Å². The van der Waals surface area contributed by atoms with E-state index in [0.29, 0.717) is 11.9 Å². The zero-order valence-electron chi connectivity index (χ0n) is 16.1. The highest BCUT2D eigenvalue weighted by Gasteiger charge is 2.36. The molecule has 0 aromatic heterocycles. The maximum Gasteiger partial charge on any atom is 0.239 e. The van der Waals surface area contributed by atoms with Gasteiger partial charge in [0.25, 0.3) is 0 Å². The minimum Gasteiger partial charge on any atom is -0.342 e. The summed E-state index contributed by atoms with van der Waals surface area (Å²) in [4.78, 5) is 32.3. The molecular weight excluding hydrogens is 314 g/mol.